The van der Waals surface area contributed by atoms with Crippen LogP contribution in [0.25, 0.3) is 0 Å². The van der Waals surface area contributed by atoms with Crippen molar-refractivity contribution in [3.05, 3.63) is 29.8 Å². The molecule has 1 aliphatic heterocycles. The van der Waals surface area contributed by atoms with Gasteiger partial charge in [-0.05, 0) is 30.9 Å². The van der Waals surface area contributed by atoms with Gasteiger partial charge in [0.25, 0.3) is 0 Å². The van der Waals surface area contributed by atoms with Crippen LogP contribution in [0, 0.1) is 5.92 Å². The van der Waals surface area contributed by atoms with Crippen LogP contribution in [-0.2, 0) is 11.2 Å². The molecule has 0 radical (unpaired) electrons. The number of carbonyl (C=O) groups excluding carboxylic acids is 1. The molecule has 3 nitrogen and oxygen atoms in total. The van der Waals surface area contributed by atoms with Crippen LogP contribution < -0.4 is 10.1 Å². The number of alkyl halides is 1. The molecule has 0 saturated carbocycles. The van der Waals surface area contributed by atoms with Gasteiger partial charge in [-0.25, -0.2) is 0 Å². The van der Waals surface area contributed by atoms with Crippen LogP contribution >= 0.6 is 11.6 Å². The van der Waals surface area contributed by atoms with Gasteiger partial charge in [-0.3, -0.25) is 4.79 Å². The van der Waals surface area contributed by atoms with Gasteiger partial charge in [0.1, 0.15) is 12.4 Å². The molecule has 1 N–H and O–H groups in total. The molecule has 2 rings (SSSR count). The Kier molecular flexibility index (Phi) is 6.19. The van der Waals surface area contributed by atoms with E-state index in [2.05, 4.69) is 5.32 Å². The zero-order valence-electron chi connectivity index (χ0n) is 11.7. The molecule has 0 fully saturated rings. The lowest BCUT2D eigenvalue weighted by atomic mass is 9.96. The number of fused-ring (bicyclic) bond motifs is 1. The number of unbranched alkanes of at least 4 members (excludes halogenated alkanes) is 3. The molecular formula is C16H22ClNO2. The number of para-hydroxylation sites is 1. The van der Waals surface area contributed by atoms with Crippen molar-refractivity contribution in [1.82, 2.24) is 5.32 Å². The van der Waals surface area contributed by atoms with Crippen LogP contribution in [-0.4, -0.2) is 24.9 Å². The normalized spacial score (nSPS) is 17.1. The number of hydrogen-bond acceptors (Lipinski definition) is 2. The largest absolute Gasteiger partial charge is 0.492 e. The van der Waals surface area contributed by atoms with E-state index in [-0.39, 0.29) is 11.8 Å². The number of ether oxygens (including phenoxy) is 1. The van der Waals surface area contributed by atoms with Gasteiger partial charge in [0, 0.05) is 12.4 Å². The molecule has 1 aliphatic rings. The van der Waals surface area contributed by atoms with Crippen molar-refractivity contribution in [2.75, 3.05) is 19.0 Å². The number of carbonyl (C=O) groups is 1. The van der Waals surface area contributed by atoms with Gasteiger partial charge in [0.2, 0.25) is 5.91 Å². The first-order chi connectivity index (χ1) is 9.81. The van der Waals surface area contributed by atoms with E-state index in [1.165, 1.54) is 0 Å². The van der Waals surface area contributed by atoms with E-state index in [0.717, 1.165) is 55.8 Å². The number of hydrogen-bond donors (Lipinski definition) is 1. The molecule has 110 valence electrons. The third-order valence-electron chi connectivity index (χ3n) is 3.61. The van der Waals surface area contributed by atoms with E-state index in [9.17, 15) is 4.79 Å². The maximum Gasteiger partial charge on any atom is 0.226 e. The minimum Gasteiger partial charge on any atom is -0.492 e. The topological polar surface area (TPSA) is 38.3 Å². The third-order valence-corrected chi connectivity index (χ3v) is 3.88. The van der Waals surface area contributed by atoms with Gasteiger partial charge in [-0.15, -0.1) is 11.6 Å². The third kappa shape index (κ3) is 4.41. The first-order valence-electron chi connectivity index (χ1n) is 7.35. The number of rotatable bonds is 7. The average Bonchev–Trinajstić information content (AvgIpc) is 2.50. The smallest absolute Gasteiger partial charge is 0.226 e. The lowest BCUT2D eigenvalue weighted by Gasteiger charge is -2.24. The molecule has 0 aromatic heterocycles. The molecule has 1 amide bonds. The second-order valence-electron chi connectivity index (χ2n) is 5.21. The maximum absolute atomic E-state index is 12.1. The number of amides is 1. The maximum atomic E-state index is 12.1. The van der Waals surface area contributed by atoms with Crippen LogP contribution in [0.2, 0.25) is 0 Å². The molecule has 1 atom stereocenters. The Morgan fingerprint density at radius 2 is 2.05 bits per heavy atom. The fourth-order valence-electron chi connectivity index (χ4n) is 2.43. The van der Waals surface area contributed by atoms with Gasteiger partial charge in [0.15, 0.2) is 0 Å². The molecule has 1 aromatic rings. The SMILES string of the molecule is O=C(NCCCCCCCl)C1COc2ccccc2C1. The summed E-state index contributed by atoms with van der Waals surface area (Å²) in [6.07, 6.45) is 5.11. The van der Waals surface area contributed by atoms with E-state index in [4.69, 9.17) is 16.3 Å². The summed E-state index contributed by atoms with van der Waals surface area (Å²) in [5, 5.41) is 3.01. The predicted octanol–water partition coefficient (Wildman–Crippen LogP) is 3.15. The molecule has 20 heavy (non-hydrogen) atoms. The monoisotopic (exact) mass is 295 g/mol. The summed E-state index contributed by atoms with van der Waals surface area (Å²) in [5.74, 6) is 1.69. The van der Waals surface area contributed by atoms with Crippen LogP contribution in [0.5, 0.6) is 5.75 Å². The molecule has 0 spiro atoms. The van der Waals surface area contributed by atoms with Crippen molar-refractivity contribution in [3.8, 4) is 5.75 Å². The lowest BCUT2D eigenvalue weighted by molar-refractivity contribution is -0.126. The zero-order chi connectivity index (χ0) is 14.2. The zero-order valence-corrected chi connectivity index (χ0v) is 12.5. The molecule has 0 bridgehead atoms. The summed E-state index contributed by atoms with van der Waals surface area (Å²) >= 11 is 5.62. The number of nitrogens with one attached hydrogen (secondary N) is 1. The molecule has 0 aliphatic carbocycles. The number of halogens is 1. The summed E-state index contributed by atoms with van der Waals surface area (Å²) in [5.41, 5.74) is 1.13. The Hall–Kier alpha value is -1.22. The Bertz CT molecular complexity index is 436. The summed E-state index contributed by atoms with van der Waals surface area (Å²) in [6.45, 7) is 1.23. The minimum absolute atomic E-state index is 0.0623. The lowest BCUT2D eigenvalue weighted by Crippen LogP contribution is -2.37. The van der Waals surface area contributed by atoms with Gasteiger partial charge in [-0.2, -0.15) is 0 Å². The van der Waals surface area contributed by atoms with Crippen LogP contribution in [0.4, 0.5) is 0 Å². The van der Waals surface area contributed by atoms with Crippen LogP contribution in [0.1, 0.15) is 31.2 Å². The van der Waals surface area contributed by atoms with Crippen molar-refractivity contribution < 1.29 is 9.53 Å². The van der Waals surface area contributed by atoms with Crippen molar-refractivity contribution in [1.29, 1.82) is 0 Å². The average molecular weight is 296 g/mol. The van der Waals surface area contributed by atoms with Gasteiger partial charge < -0.3 is 10.1 Å². The van der Waals surface area contributed by atoms with E-state index < -0.39 is 0 Å². The molecule has 4 heteroatoms. The molecule has 1 unspecified atom stereocenters. The standard InChI is InChI=1S/C16H22ClNO2/c17-9-5-1-2-6-10-18-16(19)14-11-13-7-3-4-8-15(13)20-12-14/h3-4,7-8,14H,1-2,5-6,9-12H2,(H,18,19). The highest BCUT2D eigenvalue weighted by Gasteiger charge is 2.25. The summed E-state index contributed by atoms with van der Waals surface area (Å²) in [4.78, 5) is 12.1. The summed E-state index contributed by atoms with van der Waals surface area (Å²) < 4.78 is 5.64. The highest BCUT2D eigenvalue weighted by molar-refractivity contribution is 6.17. The highest BCUT2D eigenvalue weighted by atomic mass is 35.5. The predicted molar refractivity (Wildman–Crippen MR) is 81.3 cm³/mol. The molecule has 1 heterocycles. The molecular weight excluding hydrogens is 274 g/mol. The molecule has 0 saturated heterocycles. The van der Waals surface area contributed by atoms with Crippen LogP contribution in [0.15, 0.2) is 24.3 Å². The van der Waals surface area contributed by atoms with Crippen molar-refractivity contribution >= 4 is 17.5 Å². The Morgan fingerprint density at radius 3 is 2.90 bits per heavy atom. The fourth-order valence-corrected chi connectivity index (χ4v) is 2.61. The van der Waals surface area contributed by atoms with Crippen LogP contribution in [0.3, 0.4) is 0 Å². The van der Waals surface area contributed by atoms with Crippen molar-refractivity contribution in [2.24, 2.45) is 5.92 Å². The quantitative estimate of drug-likeness (QED) is 0.620. The van der Waals surface area contributed by atoms with Crippen molar-refractivity contribution in [2.45, 2.75) is 32.1 Å². The second-order valence-corrected chi connectivity index (χ2v) is 5.59. The molecule has 1 aromatic carbocycles. The van der Waals surface area contributed by atoms with E-state index in [1.54, 1.807) is 0 Å². The van der Waals surface area contributed by atoms with Gasteiger partial charge in [-0.1, -0.05) is 31.0 Å². The summed E-state index contributed by atoms with van der Waals surface area (Å²) in [7, 11) is 0. The Morgan fingerprint density at radius 1 is 1.25 bits per heavy atom. The summed E-state index contributed by atoms with van der Waals surface area (Å²) in [6, 6.07) is 7.93. The van der Waals surface area contributed by atoms with Gasteiger partial charge in [0.05, 0.1) is 5.92 Å². The van der Waals surface area contributed by atoms with Crippen molar-refractivity contribution in [3.63, 3.8) is 0 Å². The minimum atomic E-state index is -0.0623. The Labute approximate surface area is 125 Å². The van der Waals surface area contributed by atoms with E-state index >= 15 is 0 Å². The second kappa shape index (κ2) is 8.15. The van der Waals surface area contributed by atoms with E-state index in [0.29, 0.717) is 6.61 Å². The fraction of sp³-hybridized carbons (Fsp3) is 0.562. The Balaban J connectivity index is 1.69. The van der Waals surface area contributed by atoms with Gasteiger partial charge >= 0.3 is 0 Å². The first-order valence-corrected chi connectivity index (χ1v) is 7.89. The number of benzene rings is 1. The highest BCUT2D eigenvalue weighted by Crippen LogP contribution is 2.26. The first kappa shape index (κ1) is 15.2. The van der Waals surface area contributed by atoms with E-state index in [1.807, 2.05) is 24.3 Å².